The molecule has 0 spiro atoms. The molecule has 1 aliphatic rings. The highest BCUT2D eigenvalue weighted by Gasteiger charge is 2.47. The molecule has 2 rings (SSSR count). The van der Waals surface area contributed by atoms with Gasteiger partial charge in [0, 0.05) is 6.04 Å². The summed E-state index contributed by atoms with van der Waals surface area (Å²) in [6.45, 7) is 5.09. The van der Waals surface area contributed by atoms with Gasteiger partial charge >= 0.3 is 5.97 Å². The molecule has 1 aromatic carbocycles. The molecule has 18 heavy (non-hydrogen) atoms. The van der Waals surface area contributed by atoms with E-state index in [0.717, 1.165) is 5.56 Å². The van der Waals surface area contributed by atoms with Crippen LogP contribution in [-0.2, 0) is 20.9 Å². The van der Waals surface area contributed by atoms with Crippen molar-refractivity contribution in [2.24, 2.45) is 0 Å². The molecule has 1 N–H and O–H groups in total. The number of rotatable bonds is 5. The van der Waals surface area contributed by atoms with Gasteiger partial charge in [-0.25, -0.2) is 4.79 Å². The molecule has 1 saturated heterocycles. The summed E-state index contributed by atoms with van der Waals surface area (Å²) in [6, 6.07) is 9.89. The van der Waals surface area contributed by atoms with Crippen molar-refractivity contribution in [3.63, 3.8) is 0 Å². The summed E-state index contributed by atoms with van der Waals surface area (Å²) < 4.78 is 10.5. The Morgan fingerprint density at radius 1 is 1.39 bits per heavy atom. The van der Waals surface area contributed by atoms with Gasteiger partial charge < -0.3 is 9.47 Å². The van der Waals surface area contributed by atoms with Crippen molar-refractivity contribution in [3.8, 4) is 0 Å². The lowest BCUT2D eigenvalue weighted by Gasteiger charge is -2.40. The summed E-state index contributed by atoms with van der Waals surface area (Å²) in [5.41, 5.74) is 0.342. The average Bonchev–Trinajstić information content (AvgIpc) is 2.32. The zero-order valence-corrected chi connectivity index (χ0v) is 10.8. The van der Waals surface area contributed by atoms with Crippen molar-refractivity contribution in [3.05, 3.63) is 35.9 Å². The van der Waals surface area contributed by atoms with Gasteiger partial charge in [-0.05, 0) is 19.4 Å². The second kappa shape index (κ2) is 5.50. The molecule has 0 aliphatic carbocycles. The molecule has 0 amide bonds. The SMILES string of the molecule is CC(C)NC1(C(=O)OCc2ccccc2)COC1. The van der Waals surface area contributed by atoms with E-state index in [1.165, 1.54) is 0 Å². The van der Waals surface area contributed by atoms with E-state index in [0.29, 0.717) is 19.8 Å². The minimum atomic E-state index is -0.650. The van der Waals surface area contributed by atoms with Crippen LogP contribution in [0.25, 0.3) is 0 Å². The predicted molar refractivity (Wildman–Crippen MR) is 68.1 cm³/mol. The second-order valence-electron chi connectivity index (χ2n) is 4.94. The Kier molecular flexibility index (Phi) is 3.99. The fourth-order valence-electron chi connectivity index (χ4n) is 1.98. The van der Waals surface area contributed by atoms with Gasteiger partial charge in [0.1, 0.15) is 6.61 Å². The molecule has 98 valence electrons. The number of nitrogens with one attached hydrogen (secondary N) is 1. The maximum atomic E-state index is 12.1. The predicted octanol–water partition coefficient (Wildman–Crippen LogP) is 1.50. The Bertz CT molecular complexity index is 399. The van der Waals surface area contributed by atoms with Gasteiger partial charge in [-0.3, -0.25) is 5.32 Å². The van der Waals surface area contributed by atoms with Crippen molar-refractivity contribution < 1.29 is 14.3 Å². The van der Waals surface area contributed by atoms with Crippen LogP contribution in [0.5, 0.6) is 0 Å². The number of ether oxygens (including phenoxy) is 2. The Balaban J connectivity index is 1.91. The number of benzene rings is 1. The van der Waals surface area contributed by atoms with Gasteiger partial charge in [0.2, 0.25) is 0 Å². The first-order chi connectivity index (χ1) is 8.62. The number of hydrogen-bond donors (Lipinski definition) is 1. The van der Waals surface area contributed by atoms with Crippen LogP contribution in [0.15, 0.2) is 30.3 Å². The molecule has 0 bridgehead atoms. The fraction of sp³-hybridized carbons (Fsp3) is 0.500. The Morgan fingerprint density at radius 2 is 2.06 bits per heavy atom. The molecular formula is C14H19NO3. The molecule has 0 radical (unpaired) electrons. The van der Waals surface area contributed by atoms with Crippen LogP contribution in [0.4, 0.5) is 0 Å². The molecule has 1 heterocycles. The summed E-state index contributed by atoms with van der Waals surface area (Å²) in [5.74, 6) is -0.230. The van der Waals surface area contributed by atoms with Crippen LogP contribution in [-0.4, -0.2) is 30.8 Å². The lowest BCUT2D eigenvalue weighted by Crippen LogP contribution is -2.67. The average molecular weight is 249 g/mol. The molecule has 0 unspecified atom stereocenters. The van der Waals surface area contributed by atoms with Crippen molar-refractivity contribution >= 4 is 5.97 Å². The zero-order valence-electron chi connectivity index (χ0n) is 10.8. The second-order valence-corrected chi connectivity index (χ2v) is 4.94. The third kappa shape index (κ3) is 2.89. The molecule has 0 atom stereocenters. The highest BCUT2D eigenvalue weighted by molar-refractivity contribution is 5.82. The highest BCUT2D eigenvalue weighted by Crippen LogP contribution is 2.20. The number of hydrogen-bond acceptors (Lipinski definition) is 4. The van der Waals surface area contributed by atoms with Crippen LogP contribution >= 0.6 is 0 Å². The lowest BCUT2D eigenvalue weighted by atomic mass is 9.96. The monoisotopic (exact) mass is 249 g/mol. The first-order valence-electron chi connectivity index (χ1n) is 6.19. The van der Waals surface area contributed by atoms with E-state index < -0.39 is 5.54 Å². The molecule has 1 aromatic rings. The summed E-state index contributed by atoms with van der Waals surface area (Å²) >= 11 is 0. The summed E-state index contributed by atoms with van der Waals surface area (Å²) in [5, 5.41) is 3.23. The van der Waals surface area contributed by atoms with Gasteiger partial charge in [0.25, 0.3) is 0 Å². The molecule has 4 nitrogen and oxygen atoms in total. The Hall–Kier alpha value is -1.39. The van der Waals surface area contributed by atoms with E-state index >= 15 is 0 Å². The quantitative estimate of drug-likeness (QED) is 0.803. The van der Waals surface area contributed by atoms with Crippen LogP contribution in [0, 0.1) is 0 Å². The maximum Gasteiger partial charge on any atom is 0.331 e. The highest BCUT2D eigenvalue weighted by atomic mass is 16.6. The molecule has 4 heteroatoms. The molecular weight excluding hydrogens is 230 g/mol. The van der Waals surface area contributed by atoms with E-state index in [1.54, 1.807) is 0 Å². The van der Waals surface area contributed by atoms with Crippen molar-refractivity contribution in [2.75, 3.05) is 13.2 Å². The van der Waals surface area contributed by atoms with Crippen molar-refractivity contribution in [1.82, 2.24) is 5.32 Å². The molecule has 1 aliphatic heterocycles. The minimum absolute atomic E-state index is 0.221. The summed E-state index contributed by atoms with van der Waals surface area (Å²) in [4.78, 5) is 12.1. The van der Waals surface area contributed by atoms with Crippen LogP contribution < -0.4 is 5.32 Å². The Labute approximate surface area is 107 Å². The number of esters is 1. The van der Waals surface area contributed by atoms with Gasteiger partial charge in [0.05, 0.1) is 13.2 Å². The lowest BCUT2D eigenvalue weighted by molar-refractivity contribution is -0.174. The molecule has 0 aromatic heterocycles. The largest absolute Gasteiger partial charge is 0.459 e. The molecule has 1 fully saturated rings. The third-order valence-electron chi connectivity index (χ3n) is 2.87. The van der Waals surface area contributed by atoms with Gasteiger partial charge in [-0.1, -0.05) is 30.3 Å². The number of carbonyl (C=O) groups excluding carboxylic acids is 1. The van der Waals surface area contributed by atoms with Crippen molar-refractivity contribution in [1.29, 1.82) is 0 Å². The van der Waals surface area contributed by atoms with Gasteiger partial charge in [-0.2, -0.15) is 0 Å². The van der Waals surface area contributed by atoms with Crippen LogP contribution in [0.2, 0.25) is 0 Å². The summed E-state index contributed by atoms with van der Waals surface area (Å²) in [7, 11) is 0. The Morgan fingerprint density at radius 3 is 2.56 bits per heavy atom. The fourth-order valence-corrected chi connectivity index (χ4v) is 1.98. The van der Waals surface area contributed by atoms with E-state index in [2.05, 4.69) is 5.32 Å². The maximum absolute atomic E-state index is 12.1. The van der Waals surface area contributed by atoms with E-state index in [9.17, 15) is 4.79 Å². The zero-order chi connectivity index (χ0) is 13.0. The normalized spacial score (nSPS) is 17.3. The van der Waals surface area contributed by atoms with E-state index in [-0.39, 0.29) is 12.0 Å². The summed E-state index contributed by atoms with van der Waals surface area (Å²) in [6.07, 6.45) is 0. The van der Waals surface area contributed by atoms with Gasteiger partial charge in [-0.15, -0.1) is 0 Å². The molecule has 0 saturated carbocycles. The smallest absolute Gasteiger partial charge is 0.331 e. The minimum Gasteiger partial charge on any atom is -0.459 e. The third-order valence-corrected chi connectivity index (χ3v) is 2.87. The van der Waals surface area contributed by atoms with E-state index in [4.69, 9.17) is 9.47 Å². The first kappa shape index (κ1) is 13.1. The van der Waals surface area contributed by atoms with Crippen LogP contribution in [0.1, 0.15) is 19.4 Å². The van der Waals surface area contributed by atoms with Crippen LogP contribution in [0.3, 0.4) is 0 Å². The van der Waals surface area contributed by atoms with Gasteiger partial charge in [0.15, 0.2) is 5.54 Å². The standard InChI is InChI=1S/C14H19NO3/c1-11(2)15-14(9-17-10-14)13(16)18-8-12-6-4-3-5-7-12/h3-7,11,15H,8-10H2,1-2H3. The number of carbonyl (C=O) groups is 1. The topological polar surface area (TPSA) is 47.6 Å². The first-order valence-corrected chi connectivity index (χ1v) is 6.19. The van der Waals surface area contributed by atoms with E-state index in [1.807, 2.05) is 44.2 Å². The van der Waals surface area contributed by atoms with Crippen molar-refractivity contribution in [2.45, 2.75) is 32.0 Å².